The fourth-order valence-electron chi connectivity index (χ4n) is 4.12. The van der Waals surface area contributed by atoms with Crippen LogP contribution in [0.5, 0.6) is 0 Å². The maximum Gasteiger partial charge on any atom is 0.191 e. The highest BCUT2D eigenvalue weighted by molar-refractivity contribution is 6.32. The number of guanidine groups is 1. The summed E-state index contributed by atoms with van der Waals surface area (Å²) in [5.41, 5.74) is 2.48. The molecule has 0 aliphatic carbocycles. The van der Waals surface area contributed by atoms with Crippen LogP contribution in [0.25, 0.3) is 0 Å². The van der Waals surface area contributed by atoms with E-state index in [-0.39, 0.29) is 0 Å². The van der Waals surface area contributed by atoms with E-state index in [0.29, 0.717) is 17.6 Å². The SMILES string of the molecule is CCNC(=NCc1ccccc1N1CCOCC1)NC1CCN(c2ncccc2Cl)C1. The third-order valence-electron chi connectivity index (χ3n) is 5.66. The van der Waals surface area contributed by atoms with Gasteiger partial charge in [-0.2, -0.15) is 0 Å². The lowest BCUT2D eigenvalue weighted by atomic mass is 10.1. The second-order valence-corrected chi connectivity index (χ2v) is 8.22. The lowest BCUT2D eigenvalue weighted by Crippen LogP contribution is -2.44. The van der Waals surface area contributed by atoms with Gasteiger partial charge in [0.15, 0.2) is 5.96 Å². The van der Waals surface area contributed by atoms with Crippen molar-refractivity contribution in [2.24, 2.45) is 4.99 Å². The van der Waals surface area contributed by atoms with Crippen LogP contribution in [0, 0.1) is 0 Å². The van der Waals surface area contributed by atoms with E-state index < -0.39 is 0 Å². The van der Waals surface area contributed by atoms with Gasteiger partial charge in [0.2, 0.25) is 0 Å². The van der Waals surface area contributed by atoms with Crippen molar-refractivity contribution in [3.05, 3.63) is 53.2 Å². The average molecular weight is 443 g/mol. The summed E-state index contributed by atoms with van der Waals surface area (Å²) in [5, 5.41) is 7.69. The van der Waals surface area contributed by atoms with Crippen LogP contribution in [0.3, 0.4) is 0 Å². The van der Waals surface area contributed by atoms with Crippen molar-refractivity contribution < 1.29 is 4.74 Å². The first-order valence-electron chi connectivity index (χ1n) is 11.1. The molecule has 7 nitrogen and oxygen atoms in total. The highest BCUT2D eigenvalue weighted by Gasteiger charge is 2.25. The van der Waals surface area contributed by atoms with Gasteiger partial charge >= 0.3 is 0 Å². The largest absolute Gasteiger partial charge is 0.378 e. The minimum absolute atomic E-state index is 0.297. The Morgan fingerprint density at radius 1 is 1.16 bits per heavy atom. The monoisotopic (exact) mass is 442 g/mol. The lowest BCUT2D eigenvalue weighted by Gasteiger charge is -2.30. The first-order chi connectivity index (χ1) is 15.2. The summed E-state index contributed by atoms with van der Waals surface area (Å²) in [4.78, 5) is 14.0. The number of nitrogens with zero attached hydrogens (tertiary/aromatic N) is 4. The smallest absolute Gasteiger partial charge is 0.191 e. The second kappa shape index (κ2) is 10.7. The summed E-state index contributed by atoms with van der Waals surface area (Å²) in [6.07, 6.45) is 2.81. The van der Waals surface area contributed by atoms with E-state index in [9.17, 15) is 0 Å². The standard InChI is InChI=1S/C23H31ClN6O/c1-2-25-23(28-19-9-11-30(17-19)22-20(24)7-5-10-26-22)27-16-18-6-3-4-8-21(18)29-12-14-31-15-13-29/h3-8,10,19H,2,9,11-17H2,1H3,(H2,25,27,28). The number of nitrogens with one attached hydrogen (secondary N) is 2. The molecule has 2 fully saturated rings. The number of benzene rings is 1. The predicted octanol–water partition coefficient (Wildman–Crippen LogP) is 2.91. The van der Waals surface area contributed by atoms with Crippen molar-refractivity contribution >= 4 is 29.1 Å². The van der Waals surface area contributed by atoms with Crippen LogP contribution >= 0.6 is 11.6 Å². The van der Waals surface area contributed by atoms with E-state index >= 15 is 0 Å². The zero-order chi connectivity index (χ0) is 21.5. The first kappa shape index (κ1) is 21.7. The molecule has 0 saturated carbocycles. The Morgan fingerprint density at radius 3 is 2.81 bits per heavy atom. The zero-order valence-electron chi connectivity index (χ0n) is 18.1. The number of pyridine rings is 1. The van der Waals surface area contributed by atoms with Crippen LogP contribution in [0.2, 0.25) is 5.02 Å². The molecule has 8 heteroatoms. The van der Waals surface area contributed by atoms with Gasteiger partial charge < -0.3 is 25.2 Å². The van der Waals surface area contributed by atoms with Gasteiger partial charge in [0.1, 0.15) is 5.82 Å². The lowest BCUT2D eigenvalue weighted by molar-refractivity contribution is 0.122. The molecule has 166 valence electrons. The Hall–Kier alpha value is -2.51. The molecule has 0 bridgehead atoms. The highest BCUT2D eigenvalue weighted by atomic mass is 35.5. The summed E-state index contributed by atoms with van der Waals surface area (Å²) in [5.74, 6) is 1.70. The van der Waals surface area contributed by atoms with Crippen LogP contribution in [0.1, 0.15) is 18.9 Å². The fourth-order valence-corrected chi connectivity index (χ4v) is 4.36. The molecular weight excluding hydrogens is 412 g/mol. The summed E-state index contributed by atoms with van der Waals surface area (Å²) >= 11 is 6.33. The number of hydrogen-bond donors (Lipinski definition) is 2. The minimum atomic E-state index is 0.297. The molecule has 0 radical (unpaired) electrons. The maximum absolute atomic E-state index is 6.33. The summed E-state index contributed by atoms with van der Waals surface area (Å²) in [6, 6.07) is 12.6. The Kier molecular flexibility index (Phi) is 7.48. The molecule has 2 saturated heterocycles. The molecule has 1 aromatic carbocycles. The Bertz CT molecular complexity index is 886. The van der Waals surface area contributed by atoms with Crippen molar-refractivity contribution in [2.45, 2.75) is 25.9 Å². The number of ether oxygens (including phenoxy) is 1. The third kappa shape index (κ3) is 5.60. The van der Waals surface area contributed by atoms with Crippen LogP contribution in [0.15, 0.2) is 47.6 Å². The number of morpholine rings is 1. The molecular formula is C23H31ClN6O. The van der Waals surface area contributed by atoms with Crippen molar-refractivity contribution in [1.82, 2.24) is 15.6 Å². The van der Waals surface area contributed by atoms with Gasteiger partial charge in [-0.15, -0.1) is 0 Å². The molecule has 1 atom stereocenters. The van der Waals surface area contributed by atoms with E-state index in [1.54, 1.807) is 6.20 Å². The Labute approximate surface area is 189 Å². The predicted molar refractivity (Wildman–Crippen MR) is 127 cm³/mol. The number of anilines is 2. The fraction of sp³-hybridized carbons (Fsp3) is 0.478. The molecule has 4 rings (SSSR count). The van der Waals surface area contributed by atoms with E-state index in [0.717, 1.165) is 64.1 Å². The number of hydrogen-bond acceptors (Lipinski definition) is 5. The molecule has 2 aromatic rings. The van der Waals surface area contributed by atoms with E-state index in [1.165, 1.54) is 11.3 Å². The van der Waals surface area contributed by atoms with E-state index in [2.05, 4.69) is 56.6 Å². The third-order valence-corrected chi connectivity index (χ3v) is 5.96. The molecule has 1 unspecified atom stereocenters. The first-order valence-corrected chi connectivity index (χ1v) is 11.4. The van der Waals surface area contributed by atoms with Crippen LogP contribution in [-0.2, 0) is 11.3 Å². The van der Waals surface area contributed by atoms with E-state index in [1.807, 2.05) is 12.1 Å². The van der Waals surface area contributed by atoms with Gasteiger partial charge in [-0.1, -0.05) is 29.8 Å². The molecule has 31 heavy (non-hydrogen) atoms. The molecule has 0 spiro atoms. The van der Waals surface area contributed by atoms with Gasteiger partial charge in [-0.3, -0.25) is 0 Å². The van der Waals surface area contributed by atoms with Gasteiger partial charge in [0.05, 0.1) is 24.8 Å². The number of rotatable bonds is 6. The van der Waals surface area contributed by atoms with Crippen molar-refractivity contribution in [1.29, 1.82) is 0 Å². The number of para-hydroxylation sites is 1. The number of aromatic nitrogens is 1. The van der Waals surface area contributed by atoms with Crippen LogP contribution in [0.4, 0.5) is 11.5 Å². The molecule has 2 N–H and O–H groups in total. The molecule has 2 aliphatic heterocycles. The van der Waals surface area contributed by atoms with Gasteiger partial charge in [-0.25, -0.2) is 9.98 Å². The normalized spacial score (nSPS) is 19.5. The number of aliphatic imine (C=N–C) groups is 1. The number of halogens is 1. The Balaban J connectivity index is 1.41. The van der Waals surface area contributed by atoms with Crippen molar-refractivity contribution in [2.75, 3.05) is 55.7 Å². The minimum Gasteiger partial charge on any atom is -0.378 e. The van der Waals surface area contributed by atoms with Crippen molar-refractivity contribution in [3.8, 4) is 0 Å². The molecule has 2 aliphatic rings. The highest BCUT2D eigenvalue weighted by Crippen LogP contribution is 2.26. The summed E-state index contributed by atoms with van der Waals surface area (Å²) in [7, 11) is 0. The second-order valence-electron chi connectivity index (χ2n) is 7.81. The van der Waals surface area contributed by atoms with E-state index in [4.69, 9.17) is 21.3 Å². The van der Waals surface area contributed by atoms with Crippen LogP contribution < -0.4 is 20.4 Å². The molecule has 1 aromatic heterocycles. The van der Waals surface area contributed by atoms with Gasteiger partial charge in [0, 0.05) is 50.6 Å². The van der Waals surface area contributed by atoms with Crippen LogP contribution in [-0.4, -0.2) is 62.9 Å². The topological polar surface area (TPSA) is 65.0 Å². The van der Waals surface area contributed by atoms with Gasteiger partial charge in [0.25, 0.3) is 0 Å². The maximum atomic E-state index is 6.33. The summed E-state index contributed by atoms with van der Waals surface area (Å²) < 4.78 is 5.51. The summed E-state index contributed by atoms with van der Waals surface area (Å²) in [6.45, 7) is 8.72. The molecule has 3 heterocycles. The van der Waals surface area contributed by atoms with Gasteiger partial charge in [-0.05, 0) is 37.1 Å². The molecule has 0 amide bonds. The van der Waals surface area contributed by atoms with Crippen molar-refractivity contribution in [3.63, 3.8) is 0 Å². The quantitative estimate of drug-likeness (QED) is 0.529. The Morgan fingerprint density at radius 2 is 2.00 bits per heavy atom. The zero-order valence-corrected chi connectivity index (χ0v) is 18.8. The average Bonchev–Trinajstić information content (AvgIpc) is 3.27.